The van der Waals surface area contributed by atoms with Crippen LogP contribution in [0.1, 0.15) is 12.0 Å². The first-order valence-electron chi connectivity index (χ1n) is 8.49. The second kappa shape index (κ2) is 7.28. The average Bonchev–Trinajstić information content (AvgIpc) is 3.21. The van der Waals surface area contributed by atoms with Gasteiger partial charge in [0.1, 0.15) is 5.75 Å². The Hall–Kier alpha value is -3.68. The quantitative estimate of drug-likeness (QED) is 0.724. The van der Waals surface area contributed by atoms with E-state index in [0.717, 1.165) is 11.3 Å². The van der Waals surface area contributed by atoms with Crippen LogP contribution in [-0.2, 0) is 16.0 Å². The van der Waals surface area contributed by atoms with Crippen molar-refractivity contribution in [3.05, 3.63) is 60.6 Å². The number of hydrogen-bond acceptors (Lipinski definition) is 5. The highest BCUT2D eigenvalue weighted by Crippen LogP contribution is 2.26. The lowest BCUT2D eigenvalue weighted by Crippen LogP contribution is -2.22. The van der Waals surface area contributed by atoms with E-state index in [4.69, 9.17) is 4.74 Å². The van der Waals surface area contributed by atoms with Crippen molar-refractivity contribution in [1.29, 1.82) is 0 Å². The third-order valence-corrected chi connectivity index (χ3v) is 4.12. The molecule has 0 aliphatic carbocycles. The number of carbonyl (C=O) groups excluding carboxylic acids is 2. The summed E-state index contributed by atoms with van der Waals surface area (Å²) < 4.78 is 7.17. The molecule has 1 aliphatic heterocycles. The predicted octanol–water partition coefficient (Wildman–Crippen LogP) is 2.17. The molecule has 2 aromatic heterocycles. The lowest BCUT2D eigenvalue weighted by Gasteiger charge is -2.17. The summed E-state index contributed by atoms with van der Waals surface area (Å²) in [4.78, 5) is 28.0. The summed E-state index contributed by atoms with van der Waals surface area (Å²) in [5, 5.41) is 9.74. The largest absolute Gasteiger partial charge is 0.484 e. The number of benzene rings is 1. The Labute approximate surface area is 155 Å². The Balaban J connectivity index is 1.40. The van der Waals surface area contributed by atoms with Gasteiger partial charge in [-0.2, -0.15) is 5.10 Å². The van der Waals surface area contributed by atoms with E-state index in [2.05, 4.69) is 20.7 Å². The highest BCUT2D eigenvalue weighted by atomic mass is 16.5. The van der Waals surface area contributed by atoms with Crippen molar-refractivity contribution >= 4 is 23.2 Å². The zero-order chi connectivity index (χ0) is 18.6. The second-order valence-corrected chi connectivity index (χ2v) is 6.03. The Morgan fingerprint density at radius 2 is 2.15 bits per heavy atom. The average molecular weight is 363 g/mol. The summed E-state index contributed by atoms with van der Waals surface area (Å²) in [7, 11) is 0. The minimum Gasteiger partial charge on any atom is -0.484 e. The lowest BCUT2D eigenvalue weighted by atomic mass is 10.0. The first-order valence-corrected chi connectivity index (χ1v) is 8.49. The number of rotatable bonds is 5. The van der Waals surface area contributed by atoms with Crippen LogP contribution in [0.3, 0.4) is 0 Å². The molecule has 27 heavy (non-hydrogen) atoms. The Morgan fingerprint density at radius 3 is 3.00 bits per heavy atom. The summed E-state index contributed by atoms with van der Waals surface area (Å²) in [5.41, 5.74) is 2.34. The molecule has 0 spiro atoms. The molecule has 8 nitrogen and oxygen atoms in total. The molecule has 0 radical (unpaired) electrons. The van der Waals surface area contributed by atoms with Crippen molar-refractivity contribution in [2.24, 2.45) is 0 Å². The summed E-state index contributed by atoms with van der Waals surface area (Å²) in [6.45, 7) is -0.140. The molecule has 136 valence electrons. The molecule has 1 aromatic carbocycles. The van der Waals surface area contributed by atoms with E-state index >= 15 is 0 Å². The van der Waals surface area contributed by atoms with Gasteiger partial charge in [0.2, 0.25) is 5.91 Å². The van der Waals surface area contributed by atoms with Gasteiger partial charge >= 0.3 is 0 Å². The zero-order valence-corrected chi connectivity index (χ0v) is 14.4. The van der Waals surface area contributed by atoms with E-state index in [-0.39, 0.29) is 18.4 Å². The number of nitrogens with zero attached hydrogens (tertiary/aromatic N) is 3. The van der Waals surface area contributed by atoms with Crippen LogP contribution in [0.25, 0.3) is 5.82 Å². The number of carbonyl (C=O) groups is 2. The first-order chi connectivity index (χ1) is 13.2. The molecule has 0 saturated heterocycles. The highest BCUT2D eigenvalue weighted by Gasteiger charge is 2.16. The van der Waals surface area contributed by atoms with Crippen LogP contribution in [0.4, 0.5) is 11.4 Å². The Kier molecular flexibility index (Phi) is 4.52. The van der Waals surface area contributed by atoms with E-state index in [0.29, 0.717) is 30.1 Å². The number of aryl methyl sites for hydroxylation is 1. The molecule has 0 bridgehead atoms. The fourth-order valence-corrected chi connectivity index (χ4v) is 2.86. The van der Waals surface area contributed by atoms with Gasteiger partial charge in [-0.1, -0.05) is 0 Å². The molecule has 0 unspecified atom stereocenters. The minimum absolute atomic E-state index is 0.0139. The number of ether oxygens (including phenoxy) is 1. The van der Waals surface area contributed by atoms with Crippen molar-refractivity contribution in [2.45, 2.75) is 12.8 Å². The summed E-state index contributed by atoms with van der Waals surface area (Å²) in [5.74, 6) is 0.821. The van der Waals surface area contributed by atoms with Crippen LogP contribution in [0.15, 0.2) is 55.0 Å². The highest BCUT2D eigenvalue weighted by molar-refractivity contribution is 5.94. The van der Waals surface area contributed by atoms with Gasteiger partial charge < -0.3 is 15.4 Å². The van der Waals surface area contributed by atoms with E-state index in [9.17, 15) is 9.59 Å². The van der Waals surface area contributed by atoms with Crippen LogP contribution in [-0.4, -0.2) is 33.2 Å². The van der Waals surface area contributed by atoms with Crippen LogP contribution < -0.4 is 15.4 Å². The maximum absolute atomic E-state index is 12.3. The standard InChI is InChI=1S/C19H17N5O3/c25-17-7-4-13-11-14(5-6-15(13)22-17)27-12-18(26)23-16-3-1-8-20-19(16)24-10-2-9-21-24/h1-3,5-6,8-11H,4,7,12H2,(H,22,25)(H,23,26). The van der Waals surface area contributed by atoms with Crippen molar-refractivity contribution in [3.8, 4) is 11.6 Å². The Morgan fingerprint density at radius 1 is 1.22 bits per heavy atom. The maximum atomic E-state index is 12.3. The molecule has 2 N–H and O–H groups in total. The molecule has 8 heteroatoms. The smallest absolute Gasteiger partial charge is 0.262 e. The third-order valence-electron chi connectivity index (χ3n) is 4.12. The SMILES string of the molecule is O=C1CCc2cc(OCC(=O)Nc3cccnc3-n3cccn3)ccc2N1. The van der Waals surface area contributed by atoms with Gasteiger partial charge in [-0.25, -0.2) is 9.67 Å². The molecule has 0 atom stereocenters. The number of fused-ring (bicyclic) bond motifs is 1. The topological polar surface area (TPSA) is 98.1 Å². The van der Waals surface area contributed by atoms with Gasteiger partial charge in [0.25, 0.3) is 5.91 Å². The fraction of sp³-hybridized carbons (Fsp3) is 0.158. The zero-order valence-electron chi connectivity index (χ0n) is 14.4. The van der Waals surface area contributed by atoms with Crippen molar-refractivity contribution < 1.29 is 14.3 Å². The van der Waals surface area contributed by atoms with Crippen molar-refractivity contribution in [1.82, 2.24) is 14.8 Å². The van der Waals surface area contributed by atoms with Crippen LogP contribution >= 0.6 is 0 Å². The van der Waals surface area contributed by atoms with Gasteiger partial charge in [-0.05, 0) is 48.4 Å². The minimum atomic E-state index is -0.303. The van der Waals surface area contributed by atoms with Crippen LogP contribution in [0.2, 0.25) is 0 Å². The monoisotopic (exact) mass is 363 g/mol. The number of anilines is 2. The number of pyridine rings is 1. The summed E-state index contributed by atoms with van der Waals surface area (Å²) in [6.07, 6.45) is 6.14. The number of aromatic nitrogens is 3. The van der Waals surface area contributed by atoms with Crippen molar-refractivity contribution in [3.63, 3.8) is 0 Å². The van der Waals surface area contributed by atoms with Crippen LogP contribution in [0, 0.1) is 0 Å². The number of amides is 2. The lowest BCUT2D eigenvalue weighted by molar-refractivity contribution is -0.118. The molecule has 4 rings (SSSR count). The summed E-state index contributed by atoms with van der Waals surface area (Å²) >= 11 is 0. The van der Waals surface area contributed by atoms with E-state index in [1.54, 1.807) is 53.6 Å². The van der Waals surface area contributed by atoms with E-state index in [1.807, 2.05) is 6.07 Å². The molecule has 3 heterocycles. The maximum Gasteiger partial charge on any atom is 0.262 e. The van der Waals surface area contributed by atoms with Gasteiger partial charge in [-0.15, -0.1) is 0 Å². The molecule has 3 aromatic rings. The molecule has 0 fully saturated rings. The van der Waals surface area contributed by atoms with Gasteiger partial charge in [0, 0.05) is 30.7 Å². The third kappa shape index (κ3) is 3.79. The summed E-state index contributed by atoms with van der Waals surface area (Å²) in [6, 6.07) is 10.6. The number of hydrogen-bond donors (Lipinski definition) is 2. The Bertz CT molecular complexity index is 985. The van der Waals surface area contributed by atoms with Crippen molar-refractivity contribution in [2.75, 3.05) is 17.2 Å². The second-order valence-electron chi connectivity index (χ2n) is 6.03. The predicted molar refractivity (Wildman–Crippen MR) is 98.9 cm³/mol. The molecular formula is C19H17N5O3. The van der Waals surface area contributed by atoms with E-state index in [1.165, 1.54) is 0 Å². The van der Waals surface area contributed by atoms with Gasteiger partial charge in [-0.3, -0.25) is 9.59 Å². The van der Waals surface area contributed by atoms with Gasteiger partial charge in [0.15, 0.2) is 12.4 Å². The molecular weight excluding hydrogens is 346 g/mol. The van der Waals surface area contributed by atoms with Gasteiger partial charge in [0.05, 0.1) is 5.69 Å². The van der Waals surface area contributed by atoms with E-state index < -0.39 is 0 Å². The fourth-order valence-electron chi connectivity index (χ4n) is 2.86. The number of nitrogens with one attached hydrogen (secondary N) is 2. The molecule has 1 aliphatic rings. The molecule has 2 amide bonds. The van der Waals surface area contributed by atoms with Crippen LogP contribution in [0.5, 0.6) is 5.75 Å². The first kappa shape index (κ1) is 16.8. The molecule has 0 saturated carbocycles. The normalized spacial score (nSPS) is 12.8.